The molecule has 2 aromatic heterocycles. The third kappa shape index (κ3) is 6.57. The van der Waals surface area contributed by atoms with Crippen molar-refractivity contribution in [3.05, 3.63) is 39.0 Å². The lowest BCUT2D eigenvalue weighted by molar-refractivity contribution is 0.331. The average Bonchev–Trinajstić information content (AvgIpc) is 2.60. The van der Waals surface area contributed by atoms with Crippen molar-refractivity contribution in [3.8, 4) is 0 Å². The van der Waals surface area contributed by atoms with E-state index in [2.05, 4.69) is 56.7 Å². The minimum absolute atomic E-state index is 0.195. The van der Waals surface area contributed by atoms with E-state index in [1.807, 2.05) is 0 Å². The maximum atomic E-state index is 12.2. The van der Waals surface area contributed by atoms with Gasteiger partial charge in [-0.3, -0.25) is 4.39 Å². The number of nitrogens with zero attached hydrogens (tertiary/aromatic N) is 5. The van der Waals surface area contributed by atoms with Crippen LogP contribution in [0.25, 0.3) is 0 Å². The Labute approximate surface area is 162 Å². The Balaban J connectivity index is 0.000000219. The Hall–Kier alpha value is -0.860. The highest BCUT2D eigenvalue weighted by Crippen LogP contribution is 2.23. The molecule has 3 heterocycles. The highest BCUT2D eigenvalue weighted by Gasteiger charge is 2.20. The minimum Gasteiger partial charge on any atom is -0.341 e. The molecule has 1 fully saturated rings. The molecular formula is C15H17Br2ClFN5. The molecule has 0 spiro atoms. The molecular weight excluding hydrogens is 464 g/mol. The summed E-state index contributed by atoms with van der Waals surface area (Å²) in [7, 11) is 0. The Morgan fingerprint density at radius 3 is 1.96 bits per heavy atom. The van der Waals surface area contributed by atoms with Gasteiger partial charge in [0.1, 0.15) is 0 Å². The van der Waals surface area contributed by atoms with Crippen LogP contribution in [0.2, 0.25) is 5.28 Å². The van der Waals surface area contributed by atoms with E-state index >= 15 is 0 Å². The van der Waals surface area contributed by atoms with Gasteiger partial charge in [0.2, 0.25) is 11.2 Å². The fraction of sp³-hybridized carbons (Fsp3) is 0.467. The number of piperidine rings is 1. The highest BCUT2D eigenvalue weighted by molar-refractivity contribution is 9.10. The van der Waals surface area contributed by atoms with E-state index < -0.39 is 0 Å². The van der Waals surface area contributed by atoms with E-state index in [1.165, 1.54) is 0 Å². The molecule has 0 atom stereocenters. The van der Waals surface area contributed by atoms with Crippen molar-refractivity contribution < 1.29 is 4.39 Å². The quantitative estimate of drug-likeness (QED) is 0.595. The molecule has 0 unspecified atom stereocenters. The summed E-state index contributed by atoms with van der Waals surface area (Å²) in [6.45, 7) is 1.68. The lowest BCUT2D eigenvalue weighted by atomic mass is 9.94. The summed E-state index contributed by atoms with van der Waals surface area (Å²) >= 11 is 11.8. The van der Waals surface area contributed by atoms with E-state index in [4.69, 9.17) is 11.6 Å². The van der Waals surface area contributed by atoms with Crippen molar-refractivity contribution in [2.24, 2.45) is 5.92 Å². The minimum atomic E-state index is -0.195. The Morgan fingerprint density at radius 1 is 1.00 bits per heavy atom. The summed E-state index contributed by atoms with van der Waals surface area (Å²) in [5.74, 6) is 1.32. The third-order valence-corrected chi connectivity index (χ3v) is 4.62. The zero-order valence-corrected chi connectivity index (χ0v) is 16.8. The lowest BCUT2D eigenvalue weighted by Gasteiger charge is -2.31. The van der Waals surface area contributed by atoms with Gasteiger partial charge in [-0.1, -0.05) is 0 Å². The zero-order chi connectivity index (χ0) is 17.4. The van der Waals surface area contributed by atoms with Crippen LogP contribution in [0.5, 0.6) is 0 Å². The number of hydrogen-bond acceptors (Lipinski definition) is 5. The molecule has 2 aromatic rings. The molecule has 5 nitrogen and oxygen atoms in total. The van der Waals surface area contributed by atoms with Gasteiger partial charge >= 0.3 is 0 Å². The maximum Gasteiger partial charge on any atom is 0.225 e. The molecule has 1 saturated heterocycles. The van der Waals surface area contributed by atoms with E-state index in [0.29, 0.717) is 12.3 Å². The number of hydrogen-bond donors (Lipinski definition) is 0. The van der Waals surface area contributed by atoms with Crippen LogP contribution in [-0.4, -0.2) is 39.7 Å². The summed E-state index contributed by atoms with van der Waals surface area (Å²) in [5, 5.41) is 0.271. The number of anilines is 1. The molecule has 0 radical (unpaired) electrons. The smallest absolute Gasteiger partial charge is 0.225 e. The van der Waals surface area contributed by atoms with Crippen LogP contribution >= 0.6 is 43.5 Å². The van der Waals surface area contributed by atoms with E-state index in [-0.39, 0.29) is 12.0 Å². The standard InChI is InChI=1S/C11H15BrFN3.C4H2BrClN2/c12-10-7-14-11(15-8-10)16-5-2-9(1-4-13)3-6-16;5-3-1-7-4(6)8-2-3/h7-9H,1-6H2;1-2H. The number of halogens is 4. The molecule has 130 valence electrons. The first-order valence-corrected chi connectivity index (χ1v) is 9.46. The molecule has 0 bridgehead atoms. The second kappa shape index (κ2) is 10.2. The van der Waals surface area contributed by atoms with Crippen LogP contribution in [0, 0.1) is 5.92 Å². The molecule has 0 N–H and O–H groups in total. The van der Waals surface area contributed by atoms with Crippen LogP contribution in [0.4, 0.5) is 10.3 Å². The van der Waals surface area contributed by atoms with Crippen LogP contribution < -0.4 is 4.90 Å². The monoisotopic (exact) mass is 479 g/mol. The first-order valence-electron chi connectivity index (χ1n) is 7.50. The molecule has 9 heteroatoms. The molecule has 1 aliphatic rings. The second-order valence-corrected chi connectivity index (χ2v) is 7.45. The van der Waals surface area contributed by atoms with Gasteiger partial charge in [0.15, 0.2) is 0 Å². The van der Waals surface area contributed by atoms with E-state index in [1.54, 1.807) is 24.8 Å². The van der Waals surface area contributed by atoms with Crippen LogP contribution in [0.15, 0.2) is 33.7 Å². The Kier molecular flexibility index (Phi) is 8.28. The summed E-state index contributed by atoms with van der Waals surface area (Å²) < 4.78 is 13.9. The lowest BCUT2D eigenvalue weighted by Crippen LogP contribution is -2.34. The predicted octanol–water partition coefficient (Wildman–Crippen LogP) is 4.71. The van der Waals surface area contributed by atoms with Gasteiger partial charge in [-0.2, -0.15) is 0 Å². The van der Waals surface area contributed by atoms with E-state index in [9.17, 15) is 4.39 Å². The van der Waals surface area contributed by atoms with Gasteiger partial charge in [-0.15, -0.1) is 0 Å². The highest BCUT2D eigenvalue weighted by atomic mass is 79.9. The van der Waals surface area contributed by atoms with Gasteiger partial charge in [0.25, 0.3) is 0 Å². The molecule has 1 aliphatic heterocycles. The number of alkyl halides is 1. The topological polar surface area (TPSA) is 54.8 Å². The molecule has 3 rings (SSSR count). The average molecular weight is 482 g/mol. The number of aromatic nitrogens is 4. The fourth-order valence-corrected chi connectivity index (χ4v) is 2.85. The van der Waals surface area contributed by atoms with Gasteiger partial charge in [-0.25, -0.2) is 19.9 Å². The largest absolute Gasteiger partial charge is 0.341 e. The van der Waals surface area contributed by atoms with E-state index in [0.717, 1.165) is 40.8 Å². The van der Waals surface area contributed by atoms with Gasteiger partial charge in [0, 0.05) is 37.9 Å². The Bertz CT molecular complexity index is 585. The van der Waals surface area contributed by atoms with Crippen molar-refractivity contribution >= 4 is 49.4 Å². The maximum absolute atomic E-state index is 12.2. The summed E-state index contributed by atoms with van der Waals surface area (Å²) in [5.41, 5.74) is 0. The van der Waals surface area contributed by atoms with Gasteiger partial charge in [-0.05, 0) is 68.6 Å². The van der Waals surface area contributed by atoms with Crippen LogP contribution in [-0.2, 0) is 0 Å². The third-order valence-electron chi connectivity index (χ3n) is 3.61. The SMILES string of the molecule is Clc1ncc(Br)cn1.FCCC1CCN(c2ncc(Br)cn2)CC1. The first kappa shape index (κ1) is 19.5. The summed E-state index contributed by atoms with van der Waals surface area (Å²) in [6.07, 6.45) is 9.50. The second-order valence-electron chi connectivity index (χ2n) is 5.28. The Morgan fingerprint density at radius 2 is 1.50 bits per heavy atom. The summed E-state index contributed by atoms with van der Waals surface area (Å²) in [6, 6.07) is 0. The predicted molar refractivity (Wildman–Crippen MR) is 100 cm³/mol. The van der Waals surface area contributed by atoms with Gasteiger partial charge < -0.3 is 4.90 Å². The van der Waals surface area contributed by atoms with Crippen molar-refractivity contribution in [1.29, 1.82) is 0 Å². The van der Waals surface area contributed by atoms with Crippen molar-refractivity contribution in [3.63, 3.8) is 0 Å². The summed E-state index contributed by atoms with van der Waals surface area (Å²) in [4.78, 5) is 18.1. The fourth-order valence-electron chi connectivity index (χ4n) is 2.34. The zero-order valence-electron chi connectivity index (χ0n) is 12.9. The normalized spacial score (nSPS) is 14.9. The molecule has 24 heavy (non-hydrogen) atoms. The first-order chi connectivity index (χ1) is 11.6. The van der Waals surface area contributed by atoms with Crippen molar-refractivity contribution in [1.82, 2.24) is 19.9 Å². The molecule has 0 aromatic carbocycles. The molecule has 0 saturated carbocycles. The van der Waals surface area contributed by atoms with Gasteiger partial charge in [0.05, 0.1) is 15.6 Å². The van der Waals surface area contributed by atoms with Crippen molar-refractivity contribution in [2.45, 2.75) is 19.3 Å². The molecule has 0 aliphatic carbocycles. The van der Waals surface area contributed by atoms with Crippen molar-refractivity contribution in [2.75, 3.05) is 24.7 Å². The molecule has 0 amide bonds. The van der Waals surface area contributed by atoms with Crippen LogP contribution in [0.3, 0.4) is 0 Å². The number of rotatable bonds is 3. The van der Waals surface area contributed by atoms with Crippen LogP contribution in [0.1, 0.15) is 19.3 Å².